The molecule has 3 saturated heterocycles. The number of furan rings is 1. The number of fused-ring (bicyclic) bond motifs is 3. The van der Waals surface area contributed by atoms with Gasteiger partial charge in [-0.25, -0.2) is 9.59 Å². The zero-order valence-electron chi connectivity index (χ0n) is 31.9. The van der Waals surface area contributed by atoms with Gasteiger partial charge in [-0.2, -0.15) is 13.5 Å². The number of amides is 1. The number of carbonyl (C=O) groups excluding carboxylic acids is 2. The number of alkyl carbamates (subject to hydrolysis) is 1. The van der Waals surface area contributed by atoms with Crippen LogP contribution in [-0.4, -0.2) is 55.9 Å². The van der Waals surface area contributed by atoms with Crippen LogP contribution >= 0.6 is 23.2 Å². The lowest BCUT2D eigenvalue weighted by molar-refractivity contribution is -0.605. The molecule has 1 amide bonds. The number of nitrogens with zero attached hydrogens (tertiary/aromatic N) is 2. The van der Waals surface area contributed by atoms with E-state index in [1.807, 2.05) is 48.5 Å². The van der Waals surface area contributed by atoms with Crippen molar-refractivity contribution in [2.24, 2.45) is 5.92 Å². The van der Waals surface area contributed by atoms with Crippen molar-refractivity contribution < 1.29 is 51.2 Å². The third kappa shape index (κ3) is 10.5. The number of ether oxygens (including phenoxy) is 5. The van der Waals surface area contributed by atoms with Gasteiger partial charge in [0, 0.05) is 18.5 Å². The van der Waals surface area contributed by atoms with Gasteiger partial charge in [-0.15, -0.1) is 0 Å². The third-order valence-corrected chi connectivity index (χ3v) is 10.9. The third-order valence-electron chi connectivity index (χ3n) is 10.2. The molecular weight excluding hydrogens is 811 g/mol. The van der Waals surface area contributed by atoms with Crippen LogP contribution in [0.4, 0.5) is 13.6 Å². The van der Waals surface area contributed by atoms with Gasteiger partial charge in [-0.3, -0.25) is 4.90 Å². The number of benzene rings is 3. The number of alkyl halides is 2. The second-order valence-electron chi connectivity index (χ2n) is 14.1. The fourth-order valence-electron chi connectivity index (χ4n) is 7.35. The number of halogens is 4. The average Bonchev–Trinajstić information content (AvgIpc) is 3.71. The van der Waals surface area contributed by atoms with Crippen LogP contribution < -0.4 is 24.3 Å². The molecule has 3 aliphatic rings. The molecule has 2 aromatic heterocycles. The molecule has 3 atom stereocenters. The summed E-state index contributed by atoms with van der Waals surface area (Å²) < 4.78 is 60.6. The molecule has 0 radical (unpaired) electrons. The van der Waals surface area contributed by atoms with Crippen molar-refractivity contribution in [3.05, 3.63) is 146 Å². The van der Waals surface area contributed by atoms with E-state index in [-0.39, 0.29) is 53.0 Å². The summed E-state index contributed by atoms with van der Waals surface area (Å²) in [7, 11) is 0. The molecule has 5 aromatic rings. The summed E-state index contributed by atoms with van der Waals surface area (Å²) in [5.74, 6) is -0.0795. The van der Waals surface area contributed by atoms with E-state index >= 15 is 0 Å². The fourth-order valence-corrected chi connectivity index (χ4v) is 7.95. The Labute approximate surface area is 349 Å². The summed E-state index contributed by atoms with van der Waals surface area (Å²) >= 11 is 12.7. The van der Waals surface area contributed by atoms with Gasteiger partial charge in [0.15, 0.2) is 23.9 Å². The number of pyridine rings is 1. The smallest absolute Gasteiger partial charge is 0.408 e. The molecule has 310 valence electrons. The molecule has 5 heterocycles. The number of carbonyl (C=O) groups is 2. The molecule has 3 fully saturated rings. The predicted octanol–water partition coefficient (Wildman–Crippen LogP) is 8.85. The first-order valence-corrected chi connectivity index (χ1v) is 19.8. The average molecular weight is 853 g/mol. The maximum absolute atomic E-state index is 13.6. The monoisotopic (exact) mass is 851 g/mol. The number of esters is 1. The molecule has 12 nitrogen and oxygen atoms in total. The molecule has 1 N–H and O–H groups in total. The van der Waals surface area contributed by atoms with Gasteiger partial charge in [0.25, 0.3) is 0 Å². The van der Waals surface area contributed by atoms with E-state index in [9.17, 15) is 23.6 Å². The Balaban J connectivity index is 1.05. The molecule has 1 unspecified atom stereocenters. The highest BCUT2D eigenvalue weighted by Gasteiger charge is 2.37. The predicted molar refractivity (Wildman–Crippen MR) is 212 cm³/mol. The lowest BCUT2D eigenvalue weighted by atomic mass is 9.86. The maximum Gasteiger partial charge on any atom is 0.408 e. The number of hydrogen-bond donors (Lipinski definition) is 1. The summed E-state index contributed by atoms with van der Waals surface area (Å²) in [5, 5.41) is 15.0. The highest BCUT2D eigenvalue weighted by molar-refractivity contribution is 6.35. The molecule has 0 saturated carbocycles. The molecule has 0 aliphatic carbocycles. The van der Waals surface area contributed by atoms with Crippen LogP contribution in [0.2, 0.25) is 10.0 Å². The Hall–Kier alpha value is -5.57. The zero-order chi connectivity index (χ0) is 41.5. The van der Waals surface area contributed by atoms with E-state index in [0.29, 0.717) is 33.3 Å². The van der Waals surface area contributed by atoms with E-state index in [4.69, 9.17) is 46.6 Å². The molecule has 16 heteroatoms. The molecule has 0 spiro atoms. The van der Waals surface area contributed by atoms with Crippen molar-refractivity contribution >= 4 is 35.3 Å². The fraction of sp³-hybridized carbons (Fsp3) is 0.326. The minimum absolute atomic E-state index is 0.00855. The Kier molecular flexibility index (Phi) is 13.4. The summed E-state index contributed by atoms with van der Waals surface area (Å²) in [5.41, 5.74) is 2.26. The summed E-state index contributed by atoms with van der Waals surface area (Å²) in [6, 6.07) is 23.4. The van der Waals surface area contributed by atoms with E-state index in [0.717, 1.165) is 56.0 Å². The van der Waals surface area contributed by atoms with Crippen LogP contribution in [0.25, 0.3) is 0 Å². The number of rotatable bonds is 16. The van der Waals surface area contributed by atoms with Crippen molar-refractivity contribution in [3.8, 4) is 17.2 Å². The van der Waals surface area contributed by atoms with Gasteiger partial charge in [0.2, 0.25) is 5.76 Å². The van der Waals surface area contributed by atoms with E-state index in [2.05, 4.69) is 15.0 Å². The molecule has 59 heavy (non-hydrogen) atoms. The SMILES string of the molecule is CCOc1cc([C@H](Cc2c(Cl)c[n+]([O-])cc2Cl)OC(=O)c2ccc(COc3cccc(C(NC(=O)O[C@H]4CN5CCC4CC5)c4ccccc4)c3)o2)ccc1OC(F)F. The van der Waals surface area contributed by atoms with Crippen molar-refractivity contribution in [2.45, 2.75) is 57.7 Å². The Morgan fingerprint density at radius 2 is 1.66 bits per heavy atom. The highest BCUT2D eigenvalue weighted by atomic mass is 35.5. The first kappa shape index (κ1) is 41.6. The second kappa shape index (κ2) is 19.0. The minimum atomic E-state index is -3.10. The molecule has 8 rings (SSSR count). The number of piperidine rings is 3. The maximum atomic E-state index is 13.6. The van der Waals surface area contributed by atoms with Crippen LogP contribution in [0.5, 0.6) is 17.2 Å². The molecule has 3 aliphatic heterocycles. The second-order valence-corrected chi connectivity index (χ2v) is 14.9. The molecular formula is C43H41Cl2F2N3O9. The van der Waals surface area contributed by atoms with Crippen LogP contribution in [0.3, 0.4) is 0 Å². The van der Waals surface area contributed by atoms with Gasteiger partial charge in [0.1, 0.15) is 40.4 Å². The Morgan fingerprint density at radius 3 is 2.36 bits per heavy atom. The quantitative estimate of drug-likeness (QED) is 0.0583. The first-order valence-electron chi connectivity index (χ1n) is 19.1. The van der Waals surface area contributed by atoms with Gasteiger partial charge < -0.3 is 38.6 Å². The standard InChI is InChI=1S/C43H41Cl2F2N3O9/c1-2-54-38-20-28(11-13-35(38)58-42(46)47)37(21-32-33(44)22-50(53)23-34(32)45)57-41(51)36-14-12-31(56-36)25-55-30-10-6-9-29(19-30)40(27-7-4-3-5-8-27)48-43(52)59-39-24-49-17-15-26(39)16-18-49/h3-14,19-20,22-23,26,37,39-40,42H,2,15-18,21,24-25H2,1H3,(H,48,52)/t37-,39-,40?/m0/s1. The van der Waals surface area contributed by atoms with Crippen molar-refractivity contribution in [2.75, 3.05) is 26.2 Å². The van der Waals surface area contributed by atoms with E-state index in [1.54, 1.807) is 19.1 Å². The Morgan fingerprint density at radius 1 is 0.915 bits per heavy atom. The normalized spacial score (nSPS) is 18.2. The summed E-state index contributed by atoms with van der Waals surface area (Å²) in [6.45, 7) is 1.47. The number of aromatic nitrogens is 1. The number of hydrogen-bond acceptors (Lipinski definition) is 10. The zero-order valence-corrected chi connectivity index (χ0v) is 33.4. The van der Waals surface area contributed by atoms with Crippen LogP contribution in [0, 0.1) is 11.1 Å². The number of nitrogens with one attached hydrogen (secondary N) is 1. The minimum Gasteiger partial charge on any atom is -0.619 e. The Bertz CT molecular complexity index is 2210. The van der Waals surface area contributed by atoms with Crippen molar-refractivity contribution in [1.29, 1.82) is 0 Å². The van der Waals surface area contributed by atoms with Crippen molar-refractivity contribution in [1.82, 2.24) is 10.2 Å². The largest absolute Gasteiger partial charge is 0.619 e. The lowest BCUT2D eigenvalue weighted by Gasteiger charge is -2.43. The topological polar surface area (TPSA) is 136 Å². The summed E-state index contributed by atoms with van der Waals surface area (Å²) in [6.07, 6.45) is 2.41. The molecule has 3 aromatic carbocycles. The van der Waals surface area contributed by atoms with E-state index in [1.165, 1.54) is 24.3 Å². The van der Waals surface area contributed by atoms with Crippen molar-refractivity contribution in [3.63, 3.8) is 0 Å². The summed E-state index contributed by atoms with van der Waals surface area (Å²) in [4.78, 5) is 29.2. The van der Waals surface area contributed by atoms with E-state index < -0.39 is 30.8 Å². The van der Waals surface area contributed by atoms with Crippen LogP contribution in [-0.2, 0) is 22.5 Å². The van der Waals surface area contributed by atoms with Gasteiger partial charge in [0.05, 0.1) is 12.6 Å². The first-order chi connectivity index (χ1) is 28.5. The highest BCUT2D eigenvalue weighted by Crippen LogP contribution is 2.37. The lowest BCUT2D eigenvalue weighted by Crippen LogP contribution is -2.52. The van der Waals surface area contributed by atoms with Gasteiger partial charge in [-0.05, 0) is 91.9 Å². The van der Waals surface area contributed by atoms with Gasteiger partial charge >= 0.3 is 18.7 Å². The van der Waals surface area contributed by atoms with Crippen LogP contribution in [0.15, 0.2) is 102 Å². The van der Waals surface area contributed by atoms with Crippen LogP contribution in [0.1, 0.15) is 70.5 Å². The molecule has 2 bridgehead atoms. The van der Waals surface area contributed by atoms with Gasteiger partial charge in [-0.1, -0.05) is 71.7 Å².